The number of nitrogens with zero attached hydrogens (tertiary/aromatic N) is 5. The maximum absolute atomic E-state index is 6.42. The van der Waals surface area contributed by atoms with Gasteiger partial charge in [-0.15, -0.1) is 5.10 Å². The average Bonchev–Trinajstić information content (AvgIpc) is 2.98. The lowest BCUT2D eigenvalue weighted by atomic mass is 10.0. The second kappa shape index (κ2) is 6.89. The Kier molecular flexibility index (Phi) is 4.85. The fraction of sp³-hybridized carbons (Fsp3) is 0.235. The first-order valence-corrected chi connectivity index (χ1v) is 8.19. The minimum absolute atomic E-state index is 0.203. The van der Waals surface area contributed by atoms with Gasteiger partial charge in [0.1, 0.15) is 0 Å². The molecule has 0 spiro atoms. The minimum Gasteiger partial charge on any atom is -0.296 e. The lowest BCUT2D eigenvalue weighted by Crippen LogP contribution is -2.25. The third-order valence-corrected chi connectivity index (χ3v) is 4.32. The van der Waals surface area contributed by atoms with Crippen LogP contribution in [0.4, 0.5) is 0 Å². The molecule has 0 saturated carbocycles. The summed E-state index contributed by atoms with van der Waals surface area (Å²) >= 11 is 12.4. The SMILES string of the molecule is Cc1cccc(-n2nnnc2[C@H](c2ccc(Cl)cc2Cl)N(C)C)c1. The second-order valence-electron chi connectivity index (χ2n) is 5.82. The molecule has 1 atom stereocenters. The molecular weight excluding hydrogens is 345 g/mol. The summed E-state index contributed by atoms with van der Waals surface area (Å²) < 4.78 is 1.74. The Hall–Kier alpha value is -1.95. The first kappa shape index (κ1) is 16.9. The monoisotopic (exact) mass is 361 g/mol. The topological polar surface area (TPSA) is 46.8 Å². The first-order chi connectivity index (χ1) is 11.5. The van der Waals surface area contributed by atoms with E-state index in [0.29, 0.717) is 15.9 Å². The van der Waals surface area contributed by atoms with Gasteiger partial charge in [0, 0.05) is 10.0 Å². The van der Waals surface area contributed by atoms with Crippen molar-refractivity contribution in [3.8, 4) is 5.69 Å². The minimum atomic E-state index is -0.203. The van der Waals surface area contributed by atoms with Crippen molar-refractivity contribution in [3.05, 3.63) is 69.5 Å². The Labute approximate surface area is 150 Å². The third-order valence-electron chi connectivity index (χ3n) is 3.76. The van der Waals surface area contributed by atoms with Crippen LogP contribution < -0.4 is 0 Å². The lowest BCUT2D eigenvalue weighted by molar-refractivity contribution is 0.325. The van der Waals surface area contributed by atoms with Crippen LogP contribution in [0.25, 0.3) is 5.69 Å². The largest absolute Gasteiger partial charge is 0.296 e. The quantitative estimate of drug-likeness (QED) is 0.706. The number of aromatic nitrogens is 4. The molecule has 0 amide bonds. The summed E-state index contributed by atoms with van der Waals surface area (Å²) in [5.74, 6) is 0.690. The fourth-order valence-electron chi connectivity index (χ4n) is 2.68. The molecule has 5 nitrogen and oxygen atoms in total. The van der Waals surface area contributed by atoms with Gasteiger partial charge in [0.2, 0.25) is 0 Å². The number of hydrogen-bond donors (Lipinski definition) is 0. The van der Waals surface area contributed by atoms with Crippen LogP contribution in [0.1, 0.15) is 23.0 Å². The molecule has 7 heteroatoms. The van der Waals surface area contributed by atoms with Crippen molar-refractivity contribution in [1.29, 1.82) is 0 Å². The molecule has 0 aliphatic rings. The van der Waals surface area contributed by atoms with Crippen molar-refractivity contribution >= 4 is 23.2 Å². The number of aryl methyl sites for hydroxylation is 1. The van der Waals surface area contributed by atoms with Gasteiger partial charge in [-0.25, -0.2) is 0 Å². The maximum Gasteiger partial charge on any atom is 0.178 e. The molecule has 1 aromatic heterocycles. The van der Waals surface area contributed by atoms with Crippen molar-refractivity contribution < 1.29 is 0 Å². The molecule has 0 N–H and O–H groups in total. The first-order valence-electron chi connectivity index (χ1n) is 7.44. The van der Waals surface area contributed by atoms with E-state index in [9.17, 15) is 0 Å². The molecule has 0 saturated heterocycles. The molecule has 0 fully saturated rings. The van der Waals surface area contributed by atoms with E-state index < -0.39 is 0 Å². The van der Waals surface area contributed by atoms with Crippen molar-refractivity contribution in [1.82, 2.24) is 25.1 Å². The fourth-order valence-corrected chi connectivity index (χ4v) is 3.19. The summed E-state index contributed by atoms with van der Waals surface area (Å²) in [6.07, 6.45) is 0. The van der Waals surface area contributed by atoms with Gasteiger partial charge in [-0.1, -0.05) is 41.4 Å². The van der Waals surface area contributed by atoms with E-state index in [1.54, 1.807) is 10.7 Å². The number of benzene rings is 2. The molecule has 3 aromatic rings. The van der Waals surface area contributed by atoms with Crippen molar-refractivity contribution in [2.45, 2.75) is 13.0 Å². The van der Waals surface area contributed by atoms with E-state index in [0.717, 1.165) is 16.8 Å². The normalized spacial score (nSPS) is 12.6. The van der Waals surface area contributed by atoms with Crippen LogP contribution in [0, 0.1) is 6.92 Å². The highest BCUT2D eigenvalue weighted by Gasteiger charge is 2.26. The predicted molar refractivity (Wildman–Crippen MR) is 95.9 cm³/mol. The van der Waals surface area contributed by atoms with Gasteiger partial charge in [0.05, 0.1) is 11.7 Å². The Morgan fingerprint density at radius 1 is 1.08 bits per heavy atom. The summed E-state index contributed by atoms with van der Waals surface area (Å²) in [6, 6.07) is 13.3. The van der Waals surface area contributed by atoms with Crippen molar-refractivity contribution in [2.75, 3.05) is 14.1 Å². The number of tetrazole rings is 1. The molecule has 24 heavy (non-hydrogen) atoms. The summed E-state index contributed by atoms with van der Waals surface area (Å²) in [7, 11) is 3.93. The van der Waals surface area contributed by atoms with Gasteiger partial charge in [-0.05, 0) is 66.8 Å². The Morgan fingerprint density at radius 3 is 2.54 bits per heavy atom. The molecule has 0 radical (unpaired) electrons. The summed E-state index contributed by atoms with van der Waals surface area (Å²) in [5, 5.41) is 13.5. The van der Waals surface area contributed by atoms with Gasteiger partial charge in [0.15, 0.2) is 5.82 Å². The summed E-state index contributed by atoms with van der Waals surface area (Å²) in [6.45, 7) is 2.03. The van der Waals surface area contributed by atoms with E-state index >= 15 is 0 Å². The van der Waals surface area contributed by atoms with Crippen LogP contribution in [-0.4, -0.2) is 39.2 Å². The van der Waals surface area contributed by atoms with E-state index in [2.05, 4.69) is 15.5 Å². The highest BCUT2D eigenvalue weighted by molar-refractivity contribution is 6.35. The second-order valence-corrected chi connectivity index (χ2v) is 6.66. The van der Waals surface area contributed by atoms with Gasteiger partial charge in [-0.3, -0.25) is 4.90 Å². The standard InChI is InChI=1S/C17H17Cl2N5/c1-11-5-4-6-13(9-11)24-17(20-21-22-24)16(23(2)3)14-8-7-12(18)10-15(14)19/h4-10,16H,1-3H3/t16-/m0/s1. The van der Waals surface area contributed by atoms with Crippen LogP contribution >= 0.6 is 23.2 Å². The number of rotatable bonds is 4. The molecule has 0 bridgehead atoms. The molecule has 1 heterocycles. The summed E-state index contributed by atoms with van der Waals surface area (Å²) in [4.78, 5) is 2.02. The molecule has 0 aliphatic carbocycles. The molecule has 124 valence electrons. The van der Waals surface area contributed by atoms with Gasteiger partial charge < -0.3 is 0 Å². The summed E-state index contributed by atoms with van der Waals surface area (Å²) in [5.41, 5.74) is 2.95. The highest BCUT2D eigenvalue weighted by Crippen LogP contribution is 2.33. The number of hydrogen-bond acceptors (Lipinski definition) is 4. The number of halogens is 2. The van der Waals surface area contributed by atoms with E-state index in [-0.39, 0.29) is 6.04 Å². The molecule has 0 unspecified atom stereocenters. The van der Waals surface area contributed by atoms with Crippen LogP contribution in [0.5, 0.6) is 0 Å². The molecule has 3 rings (SSSR count). The van der Waals surface area contributed by atoms with Crippen molar-refractivity contribution in [2.24, 2.45) is 0 Å². The zero-order valence-corrected chi connectivity index (χ0v) is 15.1. The average molecular weight is 362 g/mol. The van der Waals surface area contributed by atoms with Crippen LogP contribution in [0.2, 0.25) is 10.0 Å². The smallest absolute Gasteiger partial charge is 0.178 e. The van der Waals surface area contributed by atoms with E-state index in [1.165, 1.54) is 0 Å². The highest BCUT2D eigenvalue weighted by atomic mass is 35.5. The zero-order valence-electron chi connectivity index (χ0n) is 13.6. The Bertz CT molecular complexity index is 860. The van der Waals surface area contributed by atoms with Crippen LogP contribution in [0.15, 0.2) is 42.5 Å². The maximum atomic E-state index is 6.42. The van der Waals surface area contributed by atoms with Gasteiger partial charge in [0.25, 0.3) is 0 Å². The Balaban J connectivity index is 2.13. The van der Waals surface area contributed by atoms with E-state index in [4.69, 9.17) is 23.2 Å². The molecule has 2 aromatic carbocycles. The Morgan fingerprint density at radius 2 is 1.88 bits per heavy atom. The van der Waals surface area contributed by atoms with Crippen LogP contribution in [-0.2, 0) is 0 Å². The van der Waals surface area contributed by atoms with Crippen LogP contribution in [0.3, 0.4) is 0 Å². The molecular formula is C17H17Cl2N5. The molecule has 0 aliphatic heterocycles. The third kappa shape index (κ3) is 3.29. The van der Waals surface area contributed by atoms with Gasteiger partial charge >= 0.3 is 0 Å². The zero-order chi connectivity index (χ0) is 17.3. The van der Waals surface area contributed by atoms with Gasteiger partial charge in [-0.2, -0.15) is 4.68 Å². The lowest BCUT2D eigenvalue weighted by Gasteiger charge is -2.24. The van der Waals surface area contributed by atoms with E-state index in [1.807, 2.05) is 62.3 Å². The van der Waals surface area contributed by atoms with Crippen molar-refractivity contribution in [3.63, 3.8) is 0 Å². The predicted octanol–water partition coefficient (Wildman–Crippen LogP) is 3.93.